The molecule has 0 aromatic rings. The van der Waals surface area contributed by atoms with Crippen LogP contribution in [0.1, 0.15) is 12.8 Å². The number of nitrogens with zero attached hydrogens (tertiary/aromatic N) is 1. The lowest BCUT2D eigenvalue weighted by Crippen LogP contribution is -2.44. The maximum atomic E-state index is 11.7. The second-order valence-corrected chi connectivity index (χ2v) is 4.10. The van der Waals surface area contributed by atoms with E-state index in [1.165, 1.54) is 7.11 Å². The Balaban J connectivity index is 2.28. The standard InChI is InChI=1S/C12H20N2O3/c1-3-6-13-9-11(15)14-7-4-10(5-8-14)12(16)17-2/h3,10,13H,1,4-9H2,2H3. The Morgan fingerprint density at radius 1 is 1.47 bits per heavy atom. The molecule has 5 nitrogen and oxygen atoms in total. The minimum atomic E-state index is -0.165. The number of ether oxygens (including phenoxy) is 1. The number of hydrogen-bond acceptors (Lipinski definition) is 4. The molecule has 0 saturated carbocycles. The quantitative estimate of drug-likeness (QED) is 0.423. The fourth-order valence-corrected chi connectivity index (χ4v) is 1.92. The van der Waals surface area contributed by atoms with Crippen LogP contribution in [-0.2, 0) is 14.3 Å². The molecular formula is C12H20N2O3. The number of nitrogens with one attached hydrogen (secondary N) is 1. The fraction of sp³-hybridized carbons (Fsp3) is 0.667. The number of carbonyl (C=O) groups is 2. The summed E-state index contributed by atoms with van der Waals surface area (Å²) < 4.78 is 4.70. The van der Waals surface area contributed by atoms with E-state index in [0.29, 0.717) is 39.0 Å². The molecule has 5 heteroatoms. The van der Waals surface area contributed by atoms with Crippen LogP contribution >= 0.6 is 0 Å². The van der Waals surface area contributed by atoms with Crippen molar-refractivity contribution in [3.05, 3.63) is 12.7 Å². The molecule has 1 heterocycles. The van der Waals surface area contributed by atoms with Crippen molar-refractivity contribution >= 4 is 11.9 Å². The van der Waals surface area contributed by atoms with E-state index in [1.807, 2.05) is 0 Å². The van der Waals surface area contributed by atoms with E-state index in [1.54, 1.807) is 11.0 Å². The number of methoxy groups -OCH3 is 1. The van der Waals surface area contributed by atoms with E-state index in [2.05, 4.69) is 11.9 Å². The summed E-state index contributed by atoms with van der Waals surface area (Å²) in [5, 5.41) is 2.98. The summed E-state index contributed by atoms with van der Waals surface area (Å²) >= 11 is 0. The Hall–Kier alpha value is -1.36. The summed E-state index contributed by atoms with van der Waals surface area (Å²) in [6.45, 7) is 5.79. The van der Waals surface area contributed by atoms with Crippen molar-refractivity contribution in [3.63, 3.8) is 0 Å². The zero-order valence-corrected chi connectivity index (χ0v) is 10.3. The normalized spacial score (nSPS) is 16.6. The second-order valence-electron chi connectivity index (χ2n) is 4.10. The molecule has 1 aliphatic rings. The largest absolute Gasteiger partial charge is 0.469 e. The monoisotopic (exact) mass is 240 g/mol. The maximum Gasteiger partial charge on any atom is 0.308 e. The van der Waals surface area contributed by atoms with Crippen LogP contribution in [0.2, 0.25) is 0 Å². The van der Waals surface area contributed by atoms with Crippen molar-refractivity contribution in [3.8, 4) is 0 Å². The Bertz CT molecular complexity index is 283. The molecular weight excluding hydrogens is 220 g/mol. The van der Waals surface area contributed by atoms with Crippen LogP contribution in [0.5, 0.6) is 0 Å². The summed E-state index contributed by atoms with van der Waals surface area (Å²) in [6.07, 6.45) is 3.11. The van der Waals surface area contributed by atoms with Gasteiger partial charge < -0.3 is 15.0 Å². The Kier molecular flexibility index (Phi) is 5.69. The zero-order valence-electron chi connectivity index (χ0n) is 10.3. The molecule has 0 radical (unpaired) electrons. The van der Waals surface area contributed by atoms with Gasteiger partial charge in [0.05, 0.1) is 19.6 Å². The molecule has 1 aliphatic heterocycles. The van der Waals surface area contributed by atoms with Gasteiger partial charge in [0.2, 0.25) is 5.91 Å². The summed E-state index contributed by atoms with van der Waals surface area (Å²) in [5.41, 5.74) is 0. The van der Waals surface area contributed by atoms with Crippen molar-refractivity contribution in [1.29, 1.82) is 0 Å². The lowest BCUT2D eigenvalue weighted by atomic mass is 9.97. The molecule has 0 aromatic carbocycles. The minimum absolute atomic E-state index is 0.0508. The third-order valence-corrected chi connectivity index (χ3v) is 2.95. The van der Waals surface area contributed by atoms with E-state index in [4.69, 9.17) is 4.74 Å². The van der Waals surface area contributed by atoms with Gasteiger partial charge in [-0.3, -0.25) is 9.59 Å². The summed E-state index contributed by atoms with van der Waals surface area (Å²) in [4.78, 5) is 24.8. The van der Waals surface area contributed by atoms with Crippen molar-refractivity contribution in [2.24, 2.45) is 5.92 Å². The van der Waals surface area contributed by atoms with Crippen LogP contribution in [0, 0.1) is 5.92 Å². The van der Waals surface area contributed by atoms with Crippen LogP contribution in [0.4, 0.5) is 0 Å². The van der Waals surface area contributed by atoms with Crippen LogP contribution in [-0.4, -0.2) is 50.1 Å². The topological polar surface area (TPSA) is 58.6 Å². The van der Waals surface area contributed by atoms with Gasteiger partial charge in [-0.05, 0) is 12.8 Å². The first kappa shape index (κ1) is 13.7. The fourth-order valence-electron chi connectivity index (χ4n) is 1.92. The summed E-state index contributed by atoms with van der Waals surface area (Å²) in [7, 11) is 1.40. The predicted octanol–water partition coefficient (Wildman–Crippen LogP) is 0.174. The van der Waals surface area contributed by atoms with Gasteiger partial charge in [-0.25, -0.2) is 0 Å². The van der Waals surface area contributed by atoms with Gasteiger partial charge >= 0.3 is 5.97 Å². The van der Waals surface area contributed by atoms with Gasteiger partial charge in [0.15, 0.2) is 0 Å². The highest BCUT2D eigenvalue weighted by Gasteiger charge is 2.27. The molecule has 0 bridgehead atoms. The highest BCUT2D eigenvalue weighted by molar-refractivity contribution is 5.79. The number of carbonyl (C=O) groups excluding carboxylic acids is 2. The number of amides is 1. The zero-order chi connectivity index (χ0) is 12.7. The molecule has 1 saturated heterocycles. The van der Waals surface area contributed by atoms with Crippen molar-refractivity contribution in [2.45, 2.75) is 12.8 Å². The Labute approximate surface area is 102 Å². The molecule has 1 fully saturated rings. The number of esters is 1. The summed E-state index contributed by atoms with van der Waals surface area (Å²) in [6, 6.07) is 0. The minimum Gasteiger partial charge on any atom is -0.469 e. The van der Waals surface area contributed by atoms with Crippen LogP contribution in [0.25, 0.3) is 0 Å². The smallest absolute Gasteiger partial charge is 0.308 e. The van der Waals surface area contributed by atoms with Crippen molar-refractivity contribution in [2.75, 3.05) is 33.3 Å². The lowest BCUT2D eigenvalue weighted by molar-refractivity contribution is -0.148. The lowest BCUT2D eigenvalue weighted by Gasteiger charge is -2.30. The van der Waals surface area contributed by atoms with Gasteiger partial charge in [-0.2, -0.15) is 0 Å². The third-order valence-electron chi connectivity index (χ3n) is 2.95. The average Bonchev–Trinajstić information content (AvgIpc) is 2.38. The molecule has 17 heavy (non-hydrogen) atoms. The molecule has 1 N–H and O–H groups in total. The molecule has 0 spiro atoms. The number of likely N-dealkylation sites (tertiary alicyclic amines) is 1. The van der Waals surface area contributed by atoms with Gasteiger partial charge in [0, 0.05) is 19.6 Å². The SMILES string of the molecule is C=CCNCC(=O)N1CCC(C(=O)OC)CC1. The van der Waals surface area contributed by atoms with Crippen LogP contribution in [0.15, 0.2) is 12.7 Å². The van der Waals surface area contributed by atoms with Gasteiger partial charge in [0.25, 0.3) is 0 Å². The molecule has 0 aliphatic carbocycles. The molecule has 0 atom stereocenters. The molecule has 0 aromatic heterocycles. The number of hydrogen-bond donors (Lipinski definition) is 1. The van der Waals surface area contributed by atoms with Gasteiger partial charge in [-0.15, -0.1) is 6.58 Å². The Morgan fingerprint density at radius 2 is 2.12 bits per heavy atom. The number of rotatable bonds is 5. The van der Waals surface area contributed by atoms with Crippen LogP contribution < -0.4 is 5.32 Å². The van der Waals surface area contributed by atoms with E-state index in [9.17, 15) is 9.59 Å². The summed E-state index contributed by atoms with van der Waals surface area (Å²) in [5.74, 6) is -0.137. The average molecular weight is 240 g/mol. The molecule has 0 unspecified atom stereocenters. The van der Waals surface area contributed by atoms with Gasteiger partial charge in [0.1, 0.15) is 0 Å². The first-order chi connectivity index (χ1) is 8.19. The highest BCUT2D eigenvalue weighted by atomic mass is 16.5. The Morgan fingerprint density at radius 3 is 2.65 bits per heavy atom. The number of piperidine rings is 1. The molecule has 1 rings (SSSR count). The van der Waals surface area contributed by atoms with Gasteiger partial charge in [-0.1, -0.05) is 6.08 Å². The second kappa shape index (κ2) is 7.06. The van der Waals surface area contributed by atoms with E-state index < -0.39 is 0 Å². The first-order valence-electron chi connectivity index (χ1n) is 5.86. The van der Waals surface area contributed by atoms with E-state index in [0.717, 1.165) is 0 Å². The maximum absolute atomic E-state index is 11.7. The van der Waals surface area contributed by atoms with Crippen molar-refractivity contribution < 1.29 is 14.3 Å². The van der Waals surface area contributed by atoms with Crippen molar-refractivity contribution in [1.82, 2.24) is 10.2 Å². The molecule has 96 valence electrons. The van der Waals surface area contributed by atoms with Crippen LogP contribution in [0.3, 0.4) is 0 Å². The van der Waals surface area contributed by atoms with E-state index >= 15 is 0 Å². The first-order valence-corrected chi connectivity index (χ1v) is 5.86. The molecule has 1 amide bonds. The highest BCUT2D eigenvalue weighted by Crippen LogP contribution is 2.18. The third kappa shape index (κ3) is 4.19. The predicted molar refractivity (Wildman–Crippen MR) is 64.4 cm³/mol. The van der Waals surface area contributed by atoms with E-state index in [-0.39, 0.29) is 17.8 Å².